The van der Waals surface area contributed by atoms with Gasteiger partial charge in [0.1, 0.15) is 71.8 Å². The van der Waals surface area contributed by atoms with Crippen LogP contribution in [0.1, 0.15) is 18.1 Å². The minimum atomic E-state index is -1.77. The zero-order valence-electron chi connectivity index (χ0n) is 22.8. The van der Waals surface area contributed by atoms with Crippen LogP contribution in [0.4, 0.5) is 0 Å². The second-order valence-electron chi connectivity index (χ2n) is 10.7. The number of rotatable bonds is 7. The van der Waals surface area contributed by atoms with Gasteiger partial charge in [-0.2, -0.15) is 0 Å². The molecule has 3 aliphatic heterocycles. The molecule has 0 aliphatic carbocycles. The molecule has 0 unspecified atom stereocenters. The molecule has 3 aliphatic rings. The van der Waals surface area contributed by atoms with E-state index in [0.717, 1.165) is 6.07 Å². The number of phenolic OH excluding ortho intramolecular Hbond substituents is 4. The molecular weight excluding hydrogens is 576 g/mol. The Labute approximate surface area is 244 Å². The summed E-state index contributed by atoms with van der Waals surface area (Å²) in [6, 6.07) is 6.10. The van der Waals surface area contributed by atoms with Crippen molar-refractivity contribution in [3.8, 4) is 28.7 Å². The quantitative estimate of drug-likeness (QED) is 0.161. The van der Waals surface area contributed by atoms with Gasteiger partial charge in [-0.05, 0) is 25.1 Å². The fraction of sp³-hybridized carbons (Fsp3) is 0.500. The lowest BCUT2D eigenvalue weighted by Gasteiger charge is -2.41. The second kappa shape index (κ2) is 12.3. The smallest absolute Gasteiger partial charge is 0.228 e. The number of aliphatic hydroxyl groups excluding tert-OH is 6. The van der Waals surface area contributed by atoms with Crippen molar-refractivity contribution < 1.29 is 74.7 Å². The van der Waals surface area contributed by atoms with Gasteiger partial charge in [0.05, 0.1) is 19.3 Å². The molecule has 2 fully saturated rings. The maximum absolute atomic E-state index is 10.7. The number of phenols is 4. The highest BCUT2D eigenvalue weighted by Crippen LogP contribution is 2.43. The molecule has 0 amide bonds. The van der Waals surface area contributed by atoms with Crippen LogP contribution in [-0.2, 0) is 25.4 Å². The van der Waals surface area contributed by atoms with Crippen molar-refractivity contribution in [3.05, 3.63) is 47.2 Å². The summed E-state index contributed by atoms with van der Waals surface area (Å²) in [5.74, 6) is -1.50. The van der Waals surface area contributed by atoms with Crippen LogP contribution in [0.3, 0.4) is 0 Å². The van der Waals surface area contributed by atoms with Gasteiger partial charge >= 0.3 is 0 Å². The van der Waals surface area contributed by atoms with Crippen LogP contribution < -0.4 is 4.74 Å². The second-order valence-corrected chi connectivity index (χ2v) is 10.7. The number of hydrogen-bond donors (Lipinski definition) is 10. The molecule has 2 saturated heterocycles. The van der Waals surface area contributed by atoms with Crippen LogP contribution in [0, 0.1) is 0 Å². The van der Waals surface area contributed by atoms with Crippen molar-refractivity contribution in [1.29, 1.82) is 0 Å². The molecule has 2 aromatic rings. The van der Waals surface area contributed by atoms with E-state index in [1.807, 2.05) is 0 Å². The van der Waals surface area contributed by atoms with Gasteiger partial charge in [0.25, 0.3) is 0 Å². The largest absolute Gasteiger partial charge is 0.508 e. The highest BCUT2D eigenvalue weighted by Gasteiger charge is 2.47. The van der Waals surface area contributed by atoms with E-state index >= 15 is 0 Å². The van der Waals surface area contributed by atoms with Gasteiger partial charge < -0.3 is 74.7 Å². The third kappa shape index (κ3) is 6.17. The van der Waals surface area contributed by atoms with Gasteiger partial charge in [-0.15, -0.1) is 0 Å². The Bertz CT molecular complexity index is 1350. The molecule has 0 spiro atoms. The molecule has 10 atom stereocenters. The molecule has 2 aromatic carbocycles. The maximum atomic E-state index is 10.7. The van der Waals surface area contributed by atoms with E-state index in [9.17, 15) is 51.1 Å². The Kier molecular flexibility index (Phi) is 8.89. The van der Waals surface area contributed by atoms with Crippen molar-refractivity contribution in [2.75, 3.05) is 13.2 Å². The fourth-order valence-corrected chi connectivity index (χ4v) is 5.14. The van der Waals surface area contributed by atoms with Gasteiger partial charge in [0, 0.05) is 29.7 Å². The molecule has 236 valence electrons. The van der Waals surface area contributed by atoms with Crippen LogP contribution in [0.2, 0.25) is 0 Å². The van der Waals surface area contributed by atoms with E-state index in [0.29, 0.717) is 0 Å². The number of ether oxygens (including phenoxy) is 5. The molecule has 43 heavy (non-hydrogen) atoms. The molecule has 3 heterocycles. The Morgan fingerprint density at radius 1 is 0.721 bits per heavy atom. The lowest BCUT2D eigenvalue weighted by molar-refractivity contribution is -0.296. The number of fused-ring (bicyclic) bond motifs is 1. The zero-order chi connectivity index (χ0) is 31.2. The summed E-state index contributed by atoms with van der Waals surface area (Å²) in [5, 5.41) is 102. The lowest BCUT2D eigenvalue weighted by atomic mass is 9.96. The van der Waals surface area contributed by atoms with E-state index in [-0.39, 0.29) is 59.5 Å². The topological polar surface area (TPSA) is 248 Å². The number of hydrogen-bond acceptors (Lipinski definition) is 15. The van der Waals surface area contributed by atoms with Crippen LogP contribution >= 0.6 is 0 Å². The van der Waals surface area contributed by atoms with Crippen LogP contribution in [0.15, 0.2) is 36.1 Å². The summed E-state index contributed by atoms with van der Waals surface area (Å²) in [4.78, 5) is 0. The SMILES string of the molecule is C[C@H]1O[C@@H](COC[C@H]2O[C@@H](OC3=C(c4ccc(O)c(O)c4)Oc4cc(O)cc(O)c4C3)[C@@H](O)[C@@H](O)[C@H]2O)[C@@H](O)[C@@H](O)[C@@H]1O. The summed E-state index contributed by atoms with van der Waals surface area (Å²) >= 11 is 0. The molecule has 0 radical (unpaired) electrons. The van der Waals surface area contributed by atoms with Crippen LogP contribution in [-0.4, -0.2) is 126 Å². The van der Waals surface area contributed by atoms with Gasteiger partial charge in [-0.3, -0.25) is 0 Å². The van der Waals surface area contributed by atoms with E-state index in [2.05, 4.69) is 0 Å². The number of allylic oxidation sites excluding steroid dienone is 1. The van der Waals surface area contributed by atoms with Crippen molar-refractivity contribution in [1.82, 2.24) is 0 Å². The predicted octanol–water partition coefficient (Wildman–Crippen LogP) is -1.48. The highest BCUT2D eigenvalue weighted by atomic mass is 16.7. The van der Waals surface area contributed by atoms with Gasteiger partial charge in [-0.25, -0.2) is 0 Å². The molecule has 15 nitrogen and oxygen atoms in total. The molecule has 0 bridgehead atoms. The van der Waals surface area contributed by atoms with Gasteiger partial charge in [0.2, 0.25) is 6.29 Å². The van der Waals surface area contributed by atoms with Crippen LogP contribution in [0.5, 0.6) is 28.7 Å². The Morgan fingerprint density at radius 2 is 1.37 bits per heavy atom. The molecule has 0 saturated carbocycles. The van der Waals surface area contributed by atoms with E-state index < -0.39 is 72.7 Å². The fourth-order valence-electron chi connectivity index (χ4n) is 5.14. The third-order valence-electron chi connectivity index (χ3n) is 7.65. The van der Waals surface area contributed by atoms with E-state index in [4.69, 9.17) is 23.7 Å². The average molecular weight is 611 g/mol. The zero-order valence-corrected chi connectivity index (χ0v) is 22.8. The monoisotopic (exact) mass is 610 g/mol. The highest BCUT2D eigenvalue weighted by molar-refractivity contribution is 5.71. The van der Waals surface area contributed by atoms with Crippen molar-refractivity contribution in [3.63, 3.8) is 0 Å². The predicted molar refractivity (Wildman–Crippen MR) is 142 cm³/mol. The molecular formula is C28H34O15. The number of aliphatic hydroxyl groups is 6. The first-order valence-electron chi connectivity index (χ1n) is 13.5. The normalized spacial score (nSPS) is 34.4. The minimum absolute atomic E-state index is 0.0321. The standard InChI is InChI=1S/C28H34O15/c1-10-21(33)24(36)22(34)19(40-10)8-39-9-20-23(35)25(37)26(38)28(43-20)42-18-7-13-15(31)5-12(29)6-17(13)41-27(18)11-2-3-14(30)16(32)4-11/h2-6,10,19-26,28-38H,7-9H2,1H3/t10-,19+,20-,21-,22-,23+,24+,25+,26+,28-/m1/s1. The molecule has 15 heteroatoms. The van der Waals surface area contributed by atoms with Gasteiger partial charge in [0.15, 0.2) is 17.3 Å². The summed E-state index contributed by atoms with van der Waals surface area (Å²) in [7, 11) is 0. The maximum Gasteiger partial charge on any atom is 0.228 e. The molecule has 5 rings (SSSR count). The number of aromatic hydroxyl groups is 4. The molecule has 0 aromatic heterocycles. The van der Waals surface area contributed by atoms with Crippen molar-refractivity contribution in [2.24, 2.45) is 0 Å². The Hall–Kier alpha value is -3.38. The van der Waals surface area contributed by atoms with Gasteiger partial charge in [-0.1, -0.05) is 0 Å². The van der Waals surface area contributed by atoms with Crippen molar-refractivity contribution >= 4 is 5.76 Å². The average Bonchev–Trinajstić information content (AvgIpc) is 2.97. The Morgan fingerprint density at radius 3 is 2.05 bits per heavy atom. The summed E-state index contributed by atoms with van der Waals surface area (Å²) in [6.07, 6.45) is -14.2. The third-order valence-corrected chi connectivity index (χ3v) is 7.65. The minimum Gasteiger partial charge on any atom is -0.508 e. The molecule has 10 N–H and O–H groups in total. The van der Waals surface area contributed by atoms with E-state index in [1.165, 1.54) is 31.2 Å². The van der Waals surface area contributed by atoms with Crippen molar-refractivity contribution in [2.45, 2.75) is 74.6 Å². The van der Waals surface area contributed by atoms with Crippen LogP contribution in [0.25, 0.3) is 5.76 Å². The first kappa shape index (κ1) is 31.1. The van der Waals surface area contributed by atoms with E-state index in [1.54, 1.807) is 0 Å². The summed E-state index contributed by atoms with van der Waals surface area (Å²) < 4.78 is 28.6. The lowest BCUT2D eigenvalue weighted by Crippen LogP contribution is -2.60. The first-order chi connectivity index (χ1) is 20.3. The summed E-state index contributed by atoms with van der Waals surface area (Å²) in [5.41, 5.74) is 0.412. The Balaban J connectivity index is 1.35. The first-order valence-corrected chi connectivity index (χ1v) is 13.5. The summed E-state index contributed by atoms with van der Waals surface area (Å²) in [6.45, 7) is 0.864. The number of benzene rings is 2.